The molecule has 1 aromatic carbocycles. The summed E-state index contributed by atoms with van der Waals surface area (Å²) >= 11 is 3.37. The third-order valence-corrected chi connectivity index (χ3v) is 3.14. The molecule has 0 saturated carbocycles. The molecule has 0 amide bonds. The number of fused-ring (bicyclic) bond motifs is 1. The molecule has 0 aliphatic rings. The van der Waals surface area contributed by atoms with Gasteiger partial charge in [0.05, 0.1) is 11.7 Å². The van der Waals surface area contributed by atoms with Crippen molar-refractivity contribution < 1.29 is 8.78 Å². The summed E-state index contributed by atoms with van der Waals surface area (Å²) in [6.07, 6.45) is 3.52. The topological polar surface area (TPSA) is 17.3 Å². The van der Waals surface area contributed by atoms with E-state index in [0.717, 1.165) is 22.1 Å². The van der Waals surface area contributed by atoms with Gasteiger partial charge in [-0.05, 0) is 46.3 Å². The predicted molar refractivity (Wildman–Crippen MR) is 68.2 cm³/mol. The number of hydrogen-bond acceptors (Lipinski definition) is 1. The summed E-state index contributed by atoms with van der Waals surface area (Å²) in [6.45, 7) is 0. The summed E-state index contributed by atoms with van der Waals surface area (Å²) in [5.41, 5.74) is 1.42. The normalized spacial score (nSPS) is 11.1. The largest absolute Gasteiger partial charge is 0.299 e. The lowest BCUT2D eigenvalue weighted by molar-refractivity contribution is 0.509. The van der Waals surface area contributed by atoms with Crippen molar-refractivity contribution in [2.45, 2.75) is 0 Å². The Morgan fingerprint density at radius 3 is 2.67 bits per heavy atom. The minimum Gasteiger partial charge on any atom is -0.299 e. The van der Waals surface area contributed by atoms with E-state index >= 15 is 0 Å². The van der Waals surface area contributed by atoms with Gasteiger partial charge < -0.3 is 0 Å². The zero-order chi connectivity index (χ0) is 12.7. The molecule has 0 aliphatic heterocycles. The average molecular weight is 309 g/mol. The van der Waals surface area contributed by atoms with E-state index in [1.54, 1.807) is 6.20 Å². The second-order valence-electron chi connectivity index (χ2n) is 3.85. The summed E-state index contributed by atoms with van der Waals surface area (Å²) in [6, 6.07) is 7.54. The molecule has 0 N–H and O–H groups in total. The fourth-order valence-electron chi connectivity index (χ4n) is 1.81. The molecule has 0 atom stereocenters. The van der Waals surface area contributed by atoms with Crippen molar-refractivity contribution in [3.05, 3.63) is 58.8 Å². The first-order valence-electron chi connectivity index (χ1n) is 5.23. The molecule has 3 aromatic rings. The fraction of sp³-hybridized carbons (Fsp3) is 0. The van der Waals surface area contributed by atoms with Crippen LogP contribution >= 0.6 is 15.9 Å². The number of benzene rings is 1. The zero-order valence-corrected chi connectivity index (χ0v) is 10.7. The Morgan fingerprint density at radius 1 is 1.06 bits per heavy atom. The third-order valence-electron chi connectivity index (χ3n) is 2.67. The Balaban J connectivity index is 2.24. The van der Waals surface area contributed by atoms with Gasteiger partial charge >= 0.3 is 0 Å². The smallest absolute Gasteiger partial charge is 0.159 e. The molecular weight excluding hydrogens is 302 g/mol. The van der Waals surface area contributed by atoms with E-state index in [-0.39, 0.29) is 0 Å². The molecule has 2 nitrogen and oxygen atoms in total. The van der Waals surface area contributed by atoms with E-state index in [9.17, 15) is 8.78 Å². The summed E-state index contributed by atoms with van der Waals surface area (Å²) in [5, 5.41) is 0. The Kier molecular flexibility index (Phi) is 2.63. The minimum atomic E-state index is -0.876. The van der Waals surface area contributed by atoms with E-state index in [1.807, 2.05) is 22.7 Å². The van der Waals surface area contributed by atoms with Crippen molar-refractivity contribution >= 4 is 21.4 Å². The highest BCUT2D eigenvalue weighted by atomic mass is 79.9. The zero-order valence-electron chi connectivity index (χ0n) is 9.07. The van der Waals surface area contributed by atoms with E-state index in [2.05, 4.69) is 20.9 Å². The van der Waals surface area contributed by atoms with Gasteiger partial charge in [-0.2, -0.15) is 0 Å². The van der Waals surface area contributed by atoms with Crippen LogP contribution in [0.5, 0.6) is 0 Å². The molecule has 90 valence electrons. The lowest BCUT2D eigenvalue weighted by Gasteiger charge is -2.02. The number of rotatable bonds is 1. The second-order valence-corrected chi connectivity index (χ2v) is 4.77. The van der Waals surface area contributed by atoms with Gasteiger partial charge in [0.25, 0.3) is 0 Å². The maximum atomic E-state index is 13.2. The Morgan fingerprint density at radius 2 is 1.89 bits per heavy atom. The van der Waals surface area contributed by atoms with Crippen molar-refractivity contribution in [1.82, 2.24) is 9.38 Å². The van der Waals surface area contributed by atoms with Gasteiger partial charge in [-0.3, -0.25) is 4.40 Å². The molecule has 3 rings (SSSR count). The van der Waals surface area contributed by atoms with Crippen molar-refractivity contribution in [2.24, 2.45) is 0 Å². The van der Waals surface area contributed by atoms with E-state index in [1.165, 1.54) is 6.07 Å². The number of halogens is 3. The van der Waals surface area contributed by atoms with Gasteiger partial charge in [-0.25, -0.2) is 13.8 Å². The molecular formula is C13H7BrF2N2. The van der Waals surface area contributed by atoms with Gasteiger partial charge in [0.1, 0.15) is 5.82 Å². The van der Waals surface area contributed by atoms with Crippen LogP contribution < -0.4 is 0 Å². The van der Waals surface area contributed by atoms with Crippen LogP contribution in [0.2, 0.25) is 0 Å². The summed E-state index contributed by atoms with van der Waals surface area (Å²) < 4.78 is 28.8. The van der Waals surface area contributed by atoms with Crippen LogP contribution in [-0.4, -0.2) is 9.38 Å². The maximum Gasteiger partial charge on any atom is 0.159 e. The predicted octanol–water partition coefficient (Wildman–Crippen LogP) is 4.04. The monoisotopic (exact) mass is 308 g/mol. The number of aromatic nitrogens is 2. The van der Waals surface area contributed by atoms with E-state index in [4.69, 9.17) is 0 Å². The summed E-state index contributed by atoms with van der Waals surface area (Å²) in [4.78, 5) is 4.23. The third kappa shape index (κ3) is 1.80. The molecule has 0 aliphatic carbocycles. The van der Waals surface area contributed by atoms with Crippen molar-refractivity contribution in [1.29, 1.82) is 0 Å². The Bertz CT molecular complexity index is 737. The molecule has 5 heteroatoms. The molecule has 0 radical (unpaired) electrons. The quantitative estimate of drug-likeness (QED) is 0.663. The molecule has 0 saturated heterocycles. The van der Waals surface area contributed by atoms with Crippen LogP contribution in [0.25, 0.3) is 16.9 Å². The fourth-order valence-corrected chi connectivity index (χ4v) is 2.15. The van der Waals surface area contributed by atoms with Crippen LogP contribution in [0.3, 0.4) is 0 Å². The van der Waals surface area contributed by atoms with Crippen molar-refractivity contribution in [3.63, 3.8) is 0 Å². The van der Waals surface area contributed by atoms with Crippen molar-refractivity contribution in [3.8, 4) is 11.4 Å². The SMILES string of the molecule is Fc1ccc(-c2ncc3ccc(Br)cn23)cc1F. The average Bonchev–Trinajstić information content (AvgIpc) is 2.75. The number of hydrogen-bond donors (Lipinski definition) is 0. The van der Waals surface area contributed by atoms with Crippen LogP contribution in [0, 0.1) is 11.6 Å². The summed E-state index contributed by atoms with van der Waals surface area (Å²) in [7, 11) is 0. The molecule has 2 aromatic heterocycles. The first-order valence-corrected chi connectivity index (χ1v) is 6.02. The van der Waals surface area contributed by atoms with Crippen LogP contribution in [0.1, 0.15) is 0 Å². The molecule has 2 heterocycles. The lowest BCUT2D eigenvalue weighted by atomic mass is 10.2. The van der Waals surface area contributed by atoms with Gasteiger partial charge in [0, 0.05) is 16.2 Å². The van der Waals surface area contributed by atoms with Crippen LogP contribution in [0.4, 0.5) is 8.78 Å². The highest BCUT2D eigenvalue weighted by Gasteiger charge is 2.09. The first-order chi connectivity index (χ1) is 8.65. The number of pyridine rings is 1. The molecule has 0 bridgehead atoms. The van der Waals surface area contributed by atoms with Gasteiger partial charge in [0.2, 0.25) is 0 Å². The highest BCUT2D eigenvalue weighted by Crippen LogP contribution is 2.23. The Labute approximate surface area is 110 Å². The molecule has 0 spiro atoms. The van der Waals surface area contributed by atoms with Crippen molar-refractivity contribution in [2.75, 3.05) is 0 Å². The minimum absolute atomic E-state index is 0.534. The van der Waals surface area contributed by atoms with Gasteiger partial charge in [-0.1, -0.05) is 0 Å². The molecule has 18 heavy (non-hydrogen) atoms. The number of imidazole rings is 1. The maximum absolute atomic E-state index is 13.2. The van der Waals surface area contributed by atoms with Gasteiger partial charge in [0.15, 0.2) is 11.6 Å². The van der Waals surface area contributed by atoms with Crippen LogP contribution in [0.15, 0.2) is 47.2 Å². The Hall–Kier alpha value is -1.75. The molecule has 0 fully saturated rings. The van der Waals surface area contributed by atoms with Crippen LogP contribution in [-0.2, 0) is 0 Å². The first kappa shape index (κ1) is 11.3. The summed E-state index contributed by atoms with van der Waals surface area (Å²) in [5.74, 6) is -1.16. The second kappa shape index (κ2) is 4.17. The van der Waals surface area contributed by atoms with Gasteiger partial charge in [-0.15, -0.1) is 0 Å². The highest BCUT2D eigenvalue weighted by molar-refractivity contribution is 9.10. The van der Waals surface area contributed by atoms with E-state index in [0.29, 0.717) is 11.4 Å². The standard InChI is InChI=1S/C13H7BrF2N2/c14-9-2-3-10-6-17-13(18(10)7-9)8-1-4-11(15)12(16)5-8/h1-7H. The number of nitrogens with zero attached hydrogens (tertiary/aromatic N) is 2. The lowest BCUT2D eigenvalue weighted by Crippen LogP contribution is -1.91. The van der Waals surface area contributed by atoms with E-state index < -0.39 is 11.6 Å². The molecule has 0 unspecified atom stereocenters.